The lowest BCUT2D eigenvalue weighted by molar-refractivity contribution is -0.122. The van der Waals surface area contributed by atoms with E-state index in [1.807, 2.05) is 6.92 Å². The normalized spacial score (nSPS) is 15.5. The summed E-state index contributed by atoms with van der Waals surface area (Å²) in [5.41, 5.74) is 0. The minimum absolute atomic E-state index is 0.0294. The summed E-state index contributed by atoms with van der Waals surface area (Å²) in [6.45, 7) is 4.22. The summed E-state index contributed by atoms with van der Waals surface area (Å²) in [5, 5.41) is 2.73. The van der Waals surface area contributed by atoms with Gasteiger partial charge in [0, 0.05) is 28.8 Å². The van der Waals surface area contributed by atoms with E-state index in [1.165, 1.54) is 11.3 Å². The van der Waals surface area contributed by atoms with Crippen LogP contribution in [0.5, 0.6) is 0 Å². The topological polar surface area (TPSA) is 75.3 Å². The molecule has 1 aliphatic carbocycles. The maximum absolute atomic E-state index is 12.0. The van der Waals surface area contributed by atoms with E-state index >= 15 is 0 Å². The van der Waals surface area contributed by atoms with Crippen molar-refractivity contribution >= 4 is 27.3 Å². The van der Waals surface area contributed by atoms with E-state index in [-0.39, 0.29) is 18.4 Å². The summed E-state index contributed by atoms with van der Waals surface area (Å²) in [4.78, 5) is 13.5. The second-order valence-electron chi connectivity index (χ2n) is 4.74. The maximum atomic E-state index is 12.0. The highest BCUT2D eigenvalue weighted by molar-refractivity contribution is 7.89. The Morgan fingerprint density at radius 1 is 1.37 bits per heavy atom. The Morgan fingerprint density at radius 3 is 2.58 bits per heavy atom. The molecule has 0 spiro atoms. The fraction of sp³-hybridized carbons (Fsp3) is 0.583. The molecule has 5 nitrogen and oxygen atoms in total. The molecule has 0 unspecified atom stereocenters. The average molecular weight is 302 g/mol. The van der Waals surface area contributed by atoms with E-state index < -0.39 is 10.0 Å². The molecule has 0 aliphatic heterocycles. The van der Waals surface area contributed by atoms with Crippen LogP contribution in [0.25, 0.3) is 0 Å². The van der Waals surface area contributed by atoms with Gasteiger partial charge in [0.2, 0.25) is 15.9 Å². The Labute approximate surface area is 117 Å². The lowest BCUT2D eigenvalue weighted by atomic mass is 10.4. The highest BCUT2D eigenvalue weighted by Crippen LogP contribution is 2.28. The number of hydrogen-bond donors (Lipinski definition) is 2. The van der Waals surface area contributed by atoms with Gasteiger partial charge < -0.3 is 5.32 Å². The zero-order chi connectivity index (χ0) is 14.0. The van der Waals surface area contributed by atoms with E-state index in [0.29, 0.717) is 11.4 Å². The lowest BCUT2D eigenvalue weighted by Crippen LogP contribution is -2.35. The van der Waals surface area contributed by atoms with Crippen LogP contribution in [-0.2, 0) is 14.8 Å². The van der Waals surface area contributed by atoms with Crippen LogP contribution in [0.4, 0.5) is 0 Å². The van der Waals surface area contributed by atoms with Crippen molar-refractivity contribution in [2.45, 2.75) is 31.6 Å². The van der Waals surface area contributed by atoms with E-state index in [2.05, 4.69) is 10.0 Å². The third-order valence-corrected chi connectivity index (χ3v) is 5.63. The summed E-state index contributed by atoms with van der Waals surface area (Å²) >= 11 is 1.46. The Kier molecular flexibility index (Phi) is 4.27. The summed E-state index contributed by atoms with van der Waals surface area (Å²) in [6.07, 6.45) is 1.90. The van der Waals surface area contributed by atoms with Gasteiger partial charge in [0.1, 0.15) is 0 Å². The van der Waals surface area contributed by atoms with Gasteiger partial charge in [-0.25, -0.2) is 13.1 Å². The molecule has 2 rings (SSSR count). The number of thiophene rings is 1. The molecule has 1 aliphatic rings. The first-order chi connectivity index (χ1) is 8.90. The van der Waals surface area contributed by atoms with Crippen LogP contribution in [0.1, 0.15) is 22.6 Å². The molecule has 1 saturated carbocycles. The molecule has 0 bridgehead atoms. The first-order valence-corrected chi connectivity index (χ1v) is 8.54. The number of aryl methyl sites for hydroxylation is 2. The number of carbonyl (C=O) groups excluding carboxylic acids is 1. The summed E-state index contributed by atoms with van der Waals surface area (Å²) in [6, 6.07) is 1.67. The molecule has 2 N–H and O–H groups in total. The highest BCUT2D eigenvalue weighted by Gasteiger charge is 2.29. The molecule has 0 saturated heterocycles. The Hall–Kier alpha value is -0.920. The van der Waals surface area contributed by atoms with E-state index in [4.69, 9.17) is 0 Å². The molecule has 7 heteroatoms. The van der Waals surface area contributed by atoms with Gasteiger partial charge in [0.15, 0.2) is 0 Å². The fourth-order valence-corrected chi connectivity index (χ4v) is 4.40. The van der Waals surface area contributed by atoms with Crippen molar-refractivity contribution < 1.29 is 13.2 Å². The van der Waals surface area contributed by atoms with Gasteiger partial charge in [-0.1, -0.05) is 0 Å². The minimum Gasteiger partial charge on any atom is -0.355 e. The number of rotatable bonds is 6. The summed E-state index contributed by atoms with van der Waals surface area (Å²) < 4.78 is 26.6. The second kappa shape index (κ2) is 5.60. The van der Waals surface area contributed by atoms with Crippen LogP contribution in [0, 0.1) is 19.8 Å². The van der Waals surface area contributed by atoms with Gasteiger partial charge in [-0.05, 0) is 32.8 Å². The Morgan fingerprint density at radius 2 is 2.05 bits per heavy atom. The number of amides is 1. The van der Waals surface area contributed by atoms with Crippen LogP contribution in [0.15, 0.2) is 11.0 Å². The van der Waals surface area contributed by atoms with Gasteiger partial charge in [-0.2, -0.15) is 0 Å². The zero-order valence-electron chi connectivity index (χ0n) is 11.0. The lowest BCUT2D eigenvalue weighted by Gasteiger charge is -2.07. The van der Waals surface area contributed by atoms with Gasteiger partial charge in [-0.15, -0.1) is 11.3 Å². The monoisotopic (exact) mass is 302 g/mol. The van der Waals surface area contributed by atoms with Crippen LogP contribution in [-0.4, -0.2) is 27.4 Å². The van der Waals surface area contributed by atoms with Crippen molar-refractivity contribution in [1.82, 2.24) is 10.0 Å². The van der Waals surface area contributed by atoms with E-state index in [1.54, 1.807) is 13.0 Å². The number of nitrogens with one attached hydrogen (secondary N) is 2. The van der Waals surface area contributed by atoms with E-state index in [0.717, 1.165) is 22.6 Å². The molecule has 1 fully saturated rings. The van der Waals surface area contributed by atoms with Gasteiger partial charge in [-0.3, -0.25) is 4.79 Å². The van der Waals surface area contributed by atoms with Crippen molar-refractivity contribution in [2.24, 2.45) is 5.92 Å². The molecule has 1 aromatic heterocycles. The molecule has 106 valence electrons. The van der Waals surface area contributed by atoms with E-state index in [9.17, 15) is 13.2 Å². The molecule has 1 heterocycles. The smallest absolute Gasteiger partial charge is 0.241 e. The van der Waals surface area contributed by atoms with Crippen molar-refractivity contribution in [3.8, 4) is 0 Å². The second-order valence-corrected chi connectivity index (χ2v) is 7.94. The number of hydrogen-bond acceptors (Lipinski definition) is 4. The third kappa shape index (κ3) is 3.77. The summed E-state index contributed by atoms with van der Waals surface area (Å²) in [5.74, 6) is 0.181. The van der Waals surface area contributed by atoms with Crippen molar-refractivity contribution in [3.63, 3.8) is 0 Å². The Bertz CT molecular complexity index is 574. The van der Waals surface area contributed by atoms with Crippen LogP contribution >= 0.6 is 11.3 Å². The maximum Gasteiger partial charge on any atom is 0.241 e. The molecular weight excluding hydrogens is 284 g/mol. The minimum atomic E-state index is -3.46. The van der Waals surface area contributed by atoms with Crippen LogP contribution in [0.2, 0.25) is 0 Å². The zero-order valence-corrected chi connectivity index (χ0v) is 12.7. The Balaban J connectivity index is 1.84. The average Bonchev–Trinajstić information content (AvgIpc) is 3.10. The van der Waals surface area contributed by atoms with Crippen LogP contribution in [0.3, 0.4) is 0 Å². The molecule has 1 amide bonds. The number of sulfonamides is 1. The largest absolute Gasteiger partial charge is 0.355 e. The highest BCUT2D eigenvalue weighted by atomic mass is 32.2. The standard InChI is InChI=1S/C12H18N2O3S2/c1-8-7-11(9(2)18-8)19(16,17)14-6-5-13-12(15)10-3-4-10/h7,10,14H,3-6H2,1-2H3,(H,13,15). The predicted molar refractivity (Wildman–Crippen MR) is 74.7 cm³/mol. The molecule has 0 atom stereocenters. The molecule has 19 heavy (non-hydrogen) atoms. The first kappa shape index (κ1) is 14.5. The quantitative estimate of drug-likeness (QED) is 0.775. The molecule has 0 radical (unpaired) electrons. The van der Waals surface area contributed by atoms with Gasteiger partial charge in [0.05, 0.1) is 4.90 Å². The third-order valence-electron chi connectivity index (χ3n) is 2.95. The summed E-state index contributed by atoms with van der Waals surface area (Å²) in [7, 11) is -3.46. The molecular formula is C12H18N2O3S2. The molecule has 0 aromatic carbocycles. The SMILES string of the molecule is Cc1cc(S(=O)(=O)NCCNC(=O)C2CC2)c(C)s1. The predicted octanol–water partition coefficient (Wildman–Crippen LogP) is 1.17. The van der Waals surface area contributed by atoms with Crippen molar-refractivity contribution in [1.29, 1.82) is 0 Å². The molecule has 1 aromatic rings. The van der Waals surface area contributed by atoms with Crippen molar-refractivity contribution in [3.05, 3.63) is 15.8 Å². The van der Waals surface area contributed by atoms with Gasteiger partial charge in [0.25, 0.3) is 0 Å². The van der Waals surface area contributed by atoms with Crippen LogP contribution < -0.4 is 10.0 Å². The van der Waals surface area contributed by atoms with Crippen molar-refractivity contribution in [2.75, 3.05) is 13.1 Å². The fourth-order valence-electron chi connectivity index (χ4n) is 1.81. The number of carbonyl (C=O) groups is 1. The first-order valence-electron chi connectivity index (χ1n) is 6.24. The van der Waals surface area contributed by atoms with Gasteiger partial charge >= 0.3 is 0 Å².